The monoisotopic (exact) mass is 321 g/mol. The topological polar surface area (TPSA) is 125 Å². The van der Waals surface area contributed by atoms with Crippen molar-refractivity contribution in [2.24, 2.45) is 0 Å². The van der Waals surface area contributed by atoms with Crippen LogP contribution in [-0.2, 0) is 14.8 Å². The number of aliphatic carboxylic acids is 1. The highest BCUT2D eigenvalue weighted by atomic mass is 32.2. The van der Waals surface area contributed by atoms with Crippen LogP contribution in [0.5, 0.6) is 0 Å². The normalized spacial score (nSPS) is 12.7. The van der Waals surface area contributed by atoms with Crippen molar-refractivity contribution in [3.8, 4) is 0 Å². The van der Waals surface area contributed by atoms with Gasteiger partial charge in [-0.2, -0.15) is 0 Å². The van der Waals surface area contributed by atoms with Crippen LogP contribution in [0.15, 0.2) is 5.38 Å². The number of nitrogens with zero attached hydrogens (tertiary/aromatic N) is 1. The smallest absolute Gasteiger partial charge is 0.326 e. The fraction of sp³-hybridized carbons (Fsp3) is 0.500. The molecule has 0 aromatic carbocycles. The van der Waals surface area contributed by atoms with E-state index in [-0.39, 0.29) is 10.8 Å². The third-order valence-electron chi connectivity index (χ3n) is 2.19. The van der Waals surface area contributed by atoms with Gasteiger partial charge in [0.05, 0.1) is 6.26 Å². The standard InChI is InChI=1S/C10H15N3O5S2/c1-3-4-6(9(15)16)11-8(14)7-5-19-10(12-7)13-20(2,17)18/h5-6H,3-4H2,1-2H3,(H,11,14)(H,12,13)(H,15,16). The first-order chi connectivity index (χ1) is 9.23. The van der Waals surface area contributed by atoms with E-state index in [1.54, 1.807) is 6.92 Å². The Kier molecular flexibility index (Phi) is 5.45. The lowest BCUT2D eigenvalue weighted by molar-refractivity contribution is -0.139. The average Bonchev–Trinajstić information content (AvgIpc) is 2.74. The fourth-order valence-electron chi connectivity index (χ4n) is 1.36. The minimum Gasteiger partial charge on any atom is -0.480 e. The van der Waals surface area contributed by atoms with Gasteiger partial charge in [0, 0.05) is 5.38 Å². The van der Waals surface area contributed by atoms with E-state index in [4.69, 9.17) is 5.11 Å². The lowest BCUT2D eigenvalue weighted by atomic mass is 10.1. The number of thiazole rings is 1. The minimum atomic E-state index is -3.46. The number of carboxylic acids is 1. The van der Waals surface area contributed by atoms with Gasteiger partial charge >= 0.3 is 5.97 Å². The predicted octanol–water partition coefficient (Wildman–Crippen LogP) is 0.498. The summed E-state index contributed by atoms with van der Waals surface area (Å²) >= 11 is 0.944. The van der Waals surface area contributed by atoms with Crippen molar-refractivity contribution < 1.29 is 23.1 Å². The van der Waals surface area contributed by atoms with Gasteiger partial charge in [-0.25, -0.2) is 18.2 Å². The predicted molar refractivity (Wildman–Crippen MR) is 74.4 cm³/mol. The Morgan fingerprint density at radius 1 is 1.50 bits per heavy atom. The van der Waals surface area contributed by atoms with Crippen LogP contribution in [0.2, 0.25) is 0 Å². The quantitative estimate of drug-likeness (QED) is 0.671. The molecule has 0 aliphatic heterocycles. The summed E-state index contributed by atoms with van der Waals surface area (Å²) in [5, 5.41) is 12.7. The number of carbonyl (C=O) groups excluding carboxylic acids is 1. The molecule has 0 fully saturated rings. The van der Waals surface area contributed by atoms with Crippen molar-refractivity contribution in [1.82, 2.24) is 10.3 Å². The maximum atomic E-state index is 11.8. The van der Waals surface area contributed by atoms with Crippen molar-refractivity contribution in [1.29, 1.82) is 0 Å². The van der Waals surface area contributed by atoms with Gasteiger partial charge in [-0.15, -0.1) is 11.3 Å². The van der Waals surface area contributed by atoms with E-state index in [1.807, 2.05) is 0 Å². The molecule has 1 amide bonds. The number of anilines is 1. The Morgan fingerprint density at radius 3 is 2.65 bits per heavy atom. The molecule has 20 heavy (non-hydrogen) atoms. The second-order valence-corrected chi connectivity index (χ2v) is 6.67. The third-order valence-corrected chi connectivity index (χ3v) is 3.64. The van der Waals surface area contributed by atoms with E-state index in [9.17, 15) is 18.0 Å². The van der Waals surface area contributed by atoms with Gasteiger partial charge in [-0.1, -0.05) is 13.3 Å². The number of amides is 1. The molecule has 0 spiro atoms. The fourth-order valence-corrected chi connectivity index (χ4v) is 2.91. The number of hydrogen-bond donors (Lipinski definition) is 3. The van der Waals surface area contributed by atoms with Crippen molar-refractivity contribution >= 4 is 38.4 Å². The zero-order chi connectivity index (χ0) is 15.3. The Hall–Kier alpha value is -1.68. The lowest BCUT2D eigenvalue weighted by Gasteiger charge is -2.12. The SMILES string of the molecule is CCCC(NC(=O)c1csc(NS(C)(=O)=O)n1)C(=O)O. The van der Waals surface area contributed by atoms with Gasteiger partial charge in [-0.05, 0) is 6.42 Å². The van der Waals surface area contributed by atoms with Crippen LogP contribution in [0.1, 0.15) is 30.3 Å². The Labute approximate surface area is 120 Å². The zero-order valence-electron chi connectivity index (χ0n) is 10.9. The molecule has 8 nitrogen and oxygen atoms in total. The largest absolute Gasteiger partial charge is 0.480 e. The highest BCUT2D eigenvalue weighted by Gasteiger charge is 2.21. The number of sulfonamides is 1. The molecule has 112 valence electrons. The van der Waals surface area contributed by atoms with Crippen LogP contribution in [0.3, 0.4) is 0 Å². The van der Waals surface area contributed by atoms with Crippen LogP contribution >= 0.6 is 11.3 Å². The van der Waals surface area contributed by atoms with Crippen LogP contribution in [-0.4, -0.2) is 42.7 Å². The molecule has 1 unspecified atom stereocenters. The maximum absolute atomic E-state index is 11.8. The van der Waals surface area contributed by atoms with Crippen molar-refractivity contribution in [3.63, 3.8) is 0 Å². The molecule has 1 aromatic heterocycles. The number of carbonyl (C=O) groups is 2. The van der Waals surface area contributed by atoms with Gasteiger partial charge < -0.3 is 10.4 Å². The molecule has 1 rings (SSSR count). The van der Waals surface area contributed by atoms with Crippen LogP contribution in [0.25, 0.3) is 0 Å². The molecule has 1 aromatic rings. The van der Waals surface area contributed by atoms with E-state index in [2.05, 4.69) is 15.0 Å². The zero-order valence-corrected chi connectivity index (χ0v) is 12.5. The molecule has 10 heteroatoms. The first-order valence-corrected chi connectivity index (χ1v) is 8.47. The number of nitrogens with one attached hydrogen (secondary N) is 2. The molecule has 0 saturated carbocycles. The van der Waals surface area contributed by atoms with E-state index in [0.717, 1.165) is 17.6 Å². The molecular formula is C10H15N3O5S2. The van der Waals surface area contributed by atoms with Crippen molar-refractivity contribution in [3.05, 3.63) is 11.1 Å². The molecule has 0 aliphatic rings. The van der Waals surface area contributed by atoms with Crippen molar-refractivity contribution in [2.75, 3.05) is 11.0 Å². The van der Waals surface area contributed by atoms with Crippen LogP contribution < -0.4 is 10.0 Å². The molecule has 1 atom stereocenters. The average molecular weight is 321 g/mol. The van der Waals surface area contributed by atoms with Gasteiger partial charge in [0.2, 0.25) is 10.0 Å². The summed E-state index contributed by atoms with van der Waals surface area (Å²) in [6.45, 7) is 1.80. The minimum absolute atomic E-state index is 0.0245. The summed E-state index contributed by atoms with van der Waals surface area (Å²) in [7, 11) is -3.46. The van der Waals surface area contributed by atoms with Crippen LogP contribution in [0, 0.1) is 0 Å². The lowest BCUT2D eigenvalue weighted by Crippen LogP contribution is -2.40. The molecular weight excluding hydrogens is 306 g/mol. The third kappa shape index (κ3) is 5.13. The van der Waals surface area contributed by atoms with E-state index < -0.39 is 27.9 Å². The Balaban J connectivity index is 2.75. The summed E-state index contributed by atoms with van der Waals surface area (Å²) in [6.07, 6.45) is 1.88. The number of aromatic nitrogens is 1. The summed E-state index contributed by atoms with van der Waals surface area (Å²) < 4.78 is 24.2. The first kappa shape index (κ1) is 16.4. The summed E-state index contributed by atoms with van der Waals surface area (Å²) in [4.78, 5) is 26.5. The molecule has 0 aliphatic carbocycles. The molecule has 3 N–H and O–H groups in total. The number of carboxylic acid groups (broad SMARTS) is 1. The van der Waals surface area contributed by atoms with Gasteiger partial charge in [0.1, 0.15) is 11.7 Å². The van der Waals surface area contributed by atoms with Gasteiger partial charge in [0.15, 0.2) is 5.13 Å². The number of rotatable bonds is 7. The summed E-state index contributed by atoms with van der Waals surface area (Å²) in [5.74, 6) is -1.77. The summed E-state index contributed by atoms with van der Waals surface area (Å²) in [6, 6.07) is -0.986. The Bertz CT molecular complexity index is 596. The second-order valence-electron chi connectivity index (χ2n) is 4.07. The molecule has 1 heterocycles. The maximum Gasteiger partial charge on any atom is 0.326 e. The number of hydrogen-bond acceptors (Lipinski definition) is 6. The van der Waals surface area contributed by atoms with Crippen LogP contribution in [0.4, 0.5) is 5.13 Å². The Morgan fingerprint density at radius 2 is 2.15 bits per heavy atom. The van der Waals surface area contributed by atoms with Gasteiger partial charge in [-0.3, -0.25) is 9.52 Å². The highest BCUT2D eigenvalue weighted by Crippen LogP contribution is 2.16. The van der Waals surface area contributed by atoms with Crippen molar-refractivity contribution in [2.45, 2.75) is 25.8 Å². The molecule has 0 radical (unpaired) electrons. The van der Waals surface area contributed by atoms with E-state index in [1.165, 1.54) is 5.38 Å². The second kappa shape index (κ2) is 6.66. The van der Waals surface area contributed by atoms with Gasteiger partial charge in [0.25, 0.3) is 5.91 Å². The van der Waals surface area contributed by atoms with E-state index >= 15 is 0 Å². The molecule has 0 bridgehead atoms. The first-order valence-electron chi connectivity index (χ1n) is 5.70. The molecule has 0 saturated heterocycles. The summed E-state index contributed by atoms with van der Waals surface area (Å²) in [5.41, 5.74) is -0.0245. The van der Waals surface area contributed by atoms with E-state index in [0.29, 0.717) is 12.8 Å². The highest BCUT2D eigenvalue weighted by molar-refractivity contribution is 7.92.